The van der Waals surface area contributed by atoms with E-state index in [2.05, 4.69) is 20.8 Å². The second kappa shape index (κ2) is 5.12. The summed E-state index contributed by atoms with van der Waals surface area (Å²) in [6.07, 6.45) is 4.99. The number of amides is 1. The summed E-state index contributed by atoms with van der Waals surface area (Å²) < 4.78 is 0. The molecule has 0 bridgehead atoms. The van der Waals surface area contributed by atoms with Crippen LogP contribution in [0.25, 0.3) is 0 Å². The Balaban J connectivity index is 1.93. The van der Waals surface area contributed by atoms with Gasteiger partial charge in [-0.05, 0) is 26.3 Å². The van der Waals surface area contributed by atoms with E-state index in [4.69, 9.17) is 0 Å². The third-order valence-electron chi connectivity index (χ3n) is 2.96. The monoisotopic (exact) mass is 222 g/mol. The van der Waals surface area contributed by atoms with E-state index in [1.807, 2.05) is 6.92 Å². The van der Waals surface area contributed by atoms with E-state index >= 15 is 0 Å². The van der Waals surface area contributed by atoms with Gasteiger partial charge in [0, 0.05) is 18.3 Å². The lowest BCUT2D eigenvalue weighted by molar-refractivity contribution is 0.0935. The van der Waals surface area contributed by atoms with Crippen LogP contribution >= 0.6 is 0 Å². The maximum absolute atomic E-state index is 11.9. The molecule has 0 radical (unpaired) electrons. The zero-order valence-corrected chi connectivity index (χ0v) is 9.55. The van der Waals surface area contributed by atoms with Gasteiger partial charge in [0.15, 0.2) is 0 Å². The number of nitrogens with zero attached hydrogens (tertiary/aromatic N) is 1. The fourth-order valence-corrected chi connectivity index (χ4v) is 1.99. The Labute approximate surface area is 95.0 Å². The lowest BCUT2D eigenvalue weighted by Gasteiger charge is -2.15. The number of rotatable bonds is 2. The van der Waals surface area contributed by atoms with Gasteiger partial charge in [-0.3, -0.25) is 9.89 Å². The summed E-state index contributed by atoms with van der Waals surface area (Å²) in [6.45, 7) is 3.77. The molecule has 1 saturated heterocycles. The highest BCUT2D eigenvalue weighted by Gasteiger charge is 2.17. The van der Waals surface area contributed by atoms with Crippen LogP contribution in [0.1, 0.15) is 35.3 Å². The number of aryl methyl sites for hydroxylation is 1. The first kappa shape index (κ1) is 11.1. The summed E-state index contributed by atoms with van der Waals surface area (Å²) in [5.74, 6) is -0.0278. The average Bonchev–Trinajstić information content (AvgIpc) is 2.53. The quantitative estimate of drug-likeness (QED) is 0.686. The van der Waals surface area contributed by atoms with E-state index in [-0.39, 0.29) is 11.9 Å². The summed E-state index contributed by atoms with van der Waals surface area (Å²) in [5.41, 5.74) is 1.46. The molecule has 0 aromatic carbocycles. The molecule has 2 rings (SSSR count). The molecular formula is C11H18N4O. The fraction of sp³-hybridized carbons (Fsp3) is 0.636. The van der Waals surface area contributed by atoms with E-state index in [1.54, 1.807) is 6.20 Å². The van der Waals surface area contributed by atoms with Crippen LogP contribution in [0.5, 0.6) is 0 Å². The second-order valence-electron chi connectivity index (χ2n) is 4.28. The van der Waals surface area contributed by atoms with Gasteiger partial charge in [-0.1, -0.05) is 6.42 Å². The van der Waals surface area contributed by atoms with Gasteiger partial charge in [0.25, 0.3) is 5.91 Å². The second-order valence-corrected chi connectivity index (χ2v) is 4.28. The molecular weight excluding hydrogens is 204 g/mol. The normalized spacial score (nSPS) is 21.4. The Morgan fingerprint density at radius 2 is 2.44 bits per heavy atom. The van der Waals surface area contributed by atoms with Gasteiger partial charge in [-0.2, -0.15) is 5.10 Å². The van der Waals surface area contributed by atoms with Crippen molar-refractivity contribution in [2.75, 3.05) is 13.1 Å². The largest absolute Gasteiger partial charge is 0.348 e. The minimum Gasteiger partial charge on any atom is -0.348 e. The third kappa shape index (κ3) is 2.61. The maximum Gasteiger partial charge on any atom is 0.254 e. The third-order valence-corrected chi connectivity index (χ3v) is 2.96. The van der Waals surface area contributed by atoms with Gasteiger partial charge in [-0.15, -0.1) is 0 Å². The molecule has 1 aromatic heterocycles. The summed E-state index contributed by atoms with van der Waals surface area (Å²) in [7, 11) is 0. The molecule has 1 amide bonds. The van der Waals surface area contributed by atoms with Crippen molar-refractivity contribution in [1.82, 2.24) is 20.8 Å². The zero-order chi connectivity index (χ0) is 11.4. The molecule has 1 fully saturated rings. The number of H-pyrrole nitrogens is 1. The van der Waals surface area contributed by atoms with Crippen LogP contribution in [-0.2, 0) is 0 Å². The van der Waals surface area contributed by atoms with Crippen molar-refractivity contribution in [3.63, 3.8) is 0 Å². The molecule has 1 aromatic rings. The highest BCUT2D eigenvalue weighted by atomic mass is 16.1. The Bertz CT molecular complexity index is 353. The van der Waals surface area contributed by atoms with Crippen molar-refractivity contribution >= 4 is 5.91 Å². The van der Waals surface area contributed by atoms with Gasteiger partial charge in [0.2, 0.25) is 0 Å². The molecule has 1 aliphatic rings. The number of aromatic amines is 1. The Morgan fingerprint density at radius 1 is 1.56 bits per heavy atom. The molecule has 1 aliphatic heterocycles. The number of nitrogens with one attached hydrogen (secondary N) is 3. The number of aromatic nitrogens is 2. The lowest BCUT2D eigenvalue weighted by atomic mass is 10.1. The first-order valence-corrected chi connectivity index (χ1v) is 5.79. The minimum atomic E-state index is -0.0278. The Morgan fingerprint density at radius 3 is 3.19 bits per heavy atom. The summed E-state index contributed by atoms with van der Waals surface area (Å²) in [5, 5.41) is 13.0. The topological polar surface area (TPSA) is 69.8 Å². The first-order chi connectivity index (χ1) is 7.77. The Hall–Kier alpha value is -1.36. The minimum absolute atomic E-state index is 0.0278. The molecule has 5 nitrogen and oxygen atoms in total. The van der Waals surface area contributed by atoms with Crippen LogP contribution in [0.15, 0.2) is 6.20 Å². The van der Waals surface area contributed by atoms with Gasteiger partial charge in [-0.25, -0.2) is 0 Å². The molecule has 0 saturated carbocycles. The SMILES string of the molecule is Cc1[nH]ncc1C(=O)NC1CCCCNC1. The van der Waals surface area contributed by atoms with Gasteiger partial charge in [0.1, 0.15) is 0 Å². The fourth-order valence-electron chi connectivity index (χ4n) is 1.99. The summed E-state index contributed by atoms with van der Waals surface area (Å²) in [6, 6.07) is 0.240. The molecule has 16 heavy (non-hydrogen) atoms. The van der Waals surface area contributed by atoms with Crippen molar-refractivity contribution < 1.29 is 4.79 Å². The molecule has 0 spiro atoms. The van der Waals surface area contributed by atoms with Crippen LogP contribution in [-0.4, -0.2) is 35.2 Å². The van der Waals surface area contributed by atoms with Crippen molar-refractivity contribution in [2.24, 2.45) is 0 Å². The van der Waals surface area contributed by atoms with Crippen LogP contribution < -0.4 is 10.6 Å². The molecule has 1 atom stereocenters. The van der Waals surface area contributed by atoms with E-state index in [9.17, 15) is 4.79 Å². The van der Waals surface area contributed by atoms with Crippen molar-refractivity contribution in [2.45, 2.75) is 32.2 Å². The molecule has 0 aliphatic carbocycles. The Kier molecular flexibility index (Phi) is 3.56. The zero-order valence-electron chi connectivity index (χ0n) is 9.55. The summed E-state index contributed by atoms with van der Waals surface area (Å²) in [4.78, 5) is 11.9. The summed E-state index contributed by atoms with van der Waals surface area (Å²) >= 11 is 0. The number of carbonyl (C=O) groups excluding carboxylic acids is 1. The number of hydrogen-bond donors (Lipinski definition) is 3. The molecule has 3 N–H and O–H groups in total. The molecule has 1 unspecified atom stereocenters. The predicted octanol–water partition coefficient (Wildman–Crippen LogP) is 0.590. The smallest absolute Gasteiger partial charge is 0.254 e. The maximum atomic E-state index is 11.9. The van der Waals surface area contributed by atoms with E-state index < -0.39 is 0 Å². The van der Waals surface area contributed by atoms with Crippen LogP contribution in [0.2, 0.25) is 0 Å². The van der Waals surface area contributed by atoms with Crippen LogP contribution in [0.4, 0.5) is 0 Å². The van der Waals surface area contributed by atoms with Gasteiger partial charge < -0.3 is 10.6 Å². The standard InChI is InChI=1S/C11H18N4O/c1-8-10(7-13-15-8)11(16)14-9-4-2-3-5-12-6-9/h7,9,12H,2-6H2,1H3,(H,13,15)(H,14,16). The number of carbonyl (C=O) groups is 1. The highest BCUT2D eigenvalue weighted by Crippen LogP contribution is 2.07. The van der Waals surface area contributed by atoms with E-state index in [0.717, 1.165) is 25.2 Å². The first-order valence-electron chi connectivity index (χ1n) is 5.79. The van der Waals surface area contributed by atoms with Crippen molar-refractivity contribution in [1.29, 1.82) is 0 Å². The molecule has 2 heterocycles. The van der Waals surface area contributed by atoms with E-state index in [1.165, 1.54) is 12.8 Å². The average molecular weight is 222 g/mol. The van der Waals surface area contributed by atoms with Crippen molar-refractivity contribution in [3.8, 4) is 0 Å². The predicted molar refractivity (Wildman–Crippen MR) is 61.3 cm³/mol. The number of hydrogen-bond acceptors (Lipinski definition) is 3. The molecule has 88 valence electrons. The van der Waals surface area contributed by atoms with Gasteiger partial charge >= 0.3 is 0 Å². The van der Waals surface area contributed by atoms with Crippen LogP contribution in [0.3, 0.4) is 0 Å². The van der Waals surface area contributed by atoms with Gasteiger partial charge in [0.05, 0.1) is 11.8 Å². The molecule has 5 heteroatoms. The van der Waals surface area contributed by atoms with Crippen LogP contribution in [0, 0.1) is 6.92 Å². The van der Waals surface area contributed by atoms with E-state index in [0.29, 0.717) is 5.56 Å². The highest BCUT2D eigenvalue weighted by molar-refractivity contribution is 5.95. The van der Waals surface area contributed by atoms with Crippen molar-refractivity contribution in [3.05, 3.63) is 17.5 Å². The lowest BCUT2D eigenvalue weighted by Crippen LogP contribution is -2.40.